The normalized spacial score (nSPS) is 23.5. The average molecular weight is 444 g/mol. The van der Waals surface area contributed by atoms with E-state index in [1.165, 1.54) is 5.06 Å². The van der Waals surface area contributed by atoms with Crippen LogP contribution in [-0.2, 0) is 19.2 Å². The van der Waals surface area contributed by atoms with Crippen molar-refractivity contribution in [3.05, 3.63) is 57.6 Å². The quantitative estimate of drug-likeness (QED) is 0.701. The van der Waals surface area contributed by atoms with Crippen molar-refractivity contribution in [2.75, 3.05) is 11.4 Å². The van der Waals surface area contributed by atoms with Crippen molar-refractivity contribution in [1.29, 1.82) is 0 Å². The molecule has 9 heteroatoms. The van der Waals surface area contributed by atoms with Gasteiger partial charge in [0.05, 0.1) is 17.6 Å². The molecule has 4 rings (SSSR count). The number of rotatable bonds is 4. The maximum Gasteiger partial charge on any atom is 0.265 e. The molecular weight excluding hydrogens is 422 g/mol. The van der Waals surface area contributed by atoms with Crippen LogP contribution in [0.2, 0.25) is 5.02 Å². The third kappa shape index (κ3) is 3.46. The fourth-order valence-corrected chi connectivity index (χ4v) is 4.44. The number of aromatic hydroxyl groups is 1. The third-order valence-corrected chi connectivity index (χ3v) is 6.18. The second-order valence-electron chi connectivity index (χ2n) is 7.99. The van der Waals surface area contributed by atoms with Crippen LogP contribution in [0.3, 0.4) is 0 Å². The van der Waals surface area contributed by atoms with E-state index in [1.54, 1.807) is 44.2 Å². The molecule has 31 heavy (non-hydrogen) atoms. The highest BCUT2D eigenvalue weighted by Crippen LogP contribution is 2.46. The van der Waals surface area contributed by atoms with Crippen LogP contribution in [0.15, 0.2) is 30.3 Å². The number of hydroxylamine groups is 2. The van der Waals surface area contributed by atoms with Crippen molar-refractivity contribution >= 4 is 35.0 Å². The summed E-state index contributed by atoms with van der Waals surface area (Å²) in [4.78, 5) is 45.1. The van der Waals surface area contributed by atoms with Gasteiger partial charge < -0.3 is 10.8 Å². The molecule has 0 aromatic heterocycles. The Morgan fingerprint density at radius 2 is 1.74 bits per heavy atom. The van der Waals surface area contributed by atoms with Crippen molar-refractivity contribution in [2.24, 2.45) is 11.7 Å². The van der Waals surface area contributed by atoms with Crippen molar-refractivity contribution in [1.82, 2.24) is 5.06 Å². The number of hydrogen-bond acceptors (Lipinski definition) is 6. The molecule has 2 fully saturated rings. The Morgan fingerprint density at radius 1 is 1.10 bits per heavy atom. The second-order valence-corrected chi connectivity index (χ2v) is 8.39. The summed E-state index contributed by atoms with van der Waals surface area (Å²) in [7, 11) is 0. The first kappa shape index (κ1) is 21.3. The standard InChI is InChI=1S/C22H22ClN3O5/c1-10-4-5-14(8-15(10)23)26-21(29)17-18(13-6-11(2)19(28)12(3)7-13)25(9-16(24)27)31-20(17)22(26)30/h4-8,17-18,20,28H,9H2,1-3H3,(H2,24,27). The number of amides is 3. The number of nitrogens with two attached hydrogens (primary N) is 1. The molecule has 0 bridgehead atoms. The lowest BCUT2D eigenvalue weighted by Gasteiger charge is -2.27. The summed E-state index contributed by atoms with van der Waals surface area (Å²) in [6, 6.07) is 7.67. The number of benzene rings is 2. The van der Waals surface area contributed by atoms with Crippen LogP contribution in [0.25, 0.3) is 0 Å². The highest BCUT2D eigenvalue weighted by Gasteiger charge is 2.60. The highest BCUT2D eigenvalue weighted by molar-refractivity contribution is 6.32. The second kappa shape index (κ2) is 7.64. The maximum atomic E-state index is 13.4. The number of nitrogens with zero attached hydrogens (tertiary/aromatic N) is 2. The fraction of sp³-hybridized carbons (Fsp3) is 0.318. The first-order chi connectivity index (χ1) is 14.6. The number of anilines is 1. The van der Waals surface area contributed by atoms with Crippen LogP contribution in [0.1, 0.15) is 28.3 Å². The molecule has 0 radical (unpaired) electrons. The molecule has 2 aromatic carbocycles. The number of phenols is 1. The van der Waals surface area contributed by atoms with Gasteiger partial charge in [-0.25, -0.2) is 4.90 Å². The molecule has 0 spiro atoms. The van der Waals surface area contributed by atoms with Crippen molar-refractivity contribution < 1.29 is 24.3 Å². The minimum Gasteiger partial charge on any atom is -0.507 e. The lowest BCUT2D eigenvalue weighted by Crippen LogP contribution is -2.40. The molecule has 162 valence electrons. The van der Waals surface area contributed by atoms with Crippen LogP contribution >= 0.6 is 11.6 Å². The summed E-state index contributed by atoms with van der Waals surface area (Å²) < 4.78 is 0. The molecular formula is C22H22ClN3O5. The average Bonchev–Trinajstić information content (AvgIpc) is 3.17. The summed E-state index contributed by atoms with van der Waals surface area (Å²) in [5.74, 6) is -2.37. The largest absolute Gasteiger partial charge is 0.507 e. The number of fused-ring (bicyclic) bond motifs is 1. The van der Waals surface area contributed by atoms with E-state index in [9.17, 15) is 19.5 Å². The molecule has 2 aromatic rings. The Morgan fingerprint density at radius 3 is 2.32 bits per heavy atom. The van der Waals surface area contributed by atoms with Gasteiger partial charge >= 0.3 is 0 Å². The third-order valence-electron chi connectivity index (χ3n) is 5.78. The lowest BCUT2D eigenvalue weighted by atomic mass is 9.89. The molecule has 2 aliphatic rings. The predicted molar refractivity (Wildman–Crippen MR) is 113 cm³/mol. The predicted octanol–water partition coefficient (Wildman–Crippen LogP) is 2.30. The van der Waals surface area contributed by atoms with Crippen molar-refractivity contribution in [3.8, 4) is 5.75 Å². The van der Waals surface area contributed by atoms with Gasteiger partial charge in [0.25, 0.3) is 5.91 Å². The van der Waals surface area contributed by atoms with Crippen LogP contribution in [-0.4, -0.2) is 40.5 Å². The first-order valence-corrected chi connectivity index (χ1v) is 10.1. The van der Waals surface area contributed by atoms with Crippen LogP contribution in [0, 0.1) is 26.7 Å². The van der Waals surface area contributed by atoms with Gasteiger partial charge in [-0.05, 0) is 55.2 Å². The maximum absolute atomic E-state index is 13.4. The first-order valence-electron chi connectivity index (χ1n) is 9.76. The molecule has 3 amide bonds. The number of hydrogen-bond donors (Lipinski definition) is 2. The zero-order valence-corrected chi connectivity index (χ0v) is 18.0. The SMILES string of the molecule is Cc1ccc(N2C(=O)C3ON(CC(N)=O)C(c4cc(C)c(O)c(C)c4)C3C2=O)cc1Cl. The number of halogens is 1. The van der Waals surface area contributed by atoms with E-state index in [0.717, 1.165) is 10.5 Å². The Hall–Kier alpha value is -2.94. The van der Waals surface area contributed by atoms with Gasteiger partial charge in [0, 0.05) is 5.02 Å². The molecule has 8 nitrogen and oxygen atoms in total. The van der Waals surface area contributed by atoms with E-state index in [0.29, 0.717) is 27.4 Å². The van der Waals surface area contributed by atoms with Crippen molar-refractivity contribution in [2.45, 2.75) is 32.9 Å². The topological polar surface area (TPSA) is 113 Å². The Kier molecular flexibility index (Phi) is 5.25. The Bertz CT molecular complexity index is 1100. The minimum absolute atomic E-state index is 0.144. The number of primary amides is 1. The summed E-state index contributed by atoms with van der Waals surface area (Å²) >= 11 is 6.20. The van der Waals surface area contributed by atoms with E-state index in [-0.39, 0.29) is 12.3 Å². The van der Waals surface area contributed by atoms with Gasteiger partial charge in [0.1, 0.15) is 12.3 Å². The van der Waals surface area contributed by atoms with Gasteiger partial charge in [0.2, 0.25) is 11.8 Å². The van der Waals surface area contributed by atoms with E-state index < -0.39 is 35.8 Å². The molecule has 2 saturated heterocycles. The lowest BCUT2D eigenvalue weighted by molar-refractivity contribution is -0.175. The zero-order valence-electron chi connectivity index (χ0n) is 17.3. The van der Waals surface area contributed by atoms with Gasteiger partial charge in [-0.3, -0.25) is 19.2 Å². The fourth-order valence-electron chi connectivity index (χ4n) is 4.27. The van der Waals surface area contributed by atoms with Gasteiger partial charge in [-0.15, -0.1) is 0 Å². The van der Waals surface area contributed by atoms with E-state index in [2.05, 4.69) is 0 Å². The molecule has 2 aliphatic heterocycles. The number of imide groups is 1. The Labute approximate surface area is 184 Å². The van der Waals surface area contributed by atoms with E-state index >= 15 is 0 Å². The van der Waals surface area contributed by atoms with Gasteiger partial charge in [0.15, 0.2) is 6.10 Å². The summed E-state index contributed by atoms with van der Waals surface area (Å²) in [5, 5.41) is 11.9. The minimum atomic E-state index is -1.09. The number of aryl methyl sites for hydroxylation is 3. The number of carbonyl (C=O) groups is 3. The summed E-state index contributed by atoms with van der Waals surface area (Å²) in [5.41, 5.74) is 8.41. The Balaban J connectivity index is 1.78. The van der Waals surface area contributed by atoms with Crippen LogP contribution in [0.4, 0.5) is 5.69 Å². The smallest absolute Gasteiger partial charge is 0.265 e. The van der Waals surface area contributed by atoms with Gasteiger partial charge in [-0.1, -0.05) is 29.8 Å². The van der Waals surface area contributed by atoms with E-state index in [4.69, 9.17) is 22.2 Å². The molecule has 0 aliphatic carbocycles. The summed E-state index contributed by atoms with van der Waals surface area (Å²) in [6.45, 7) is 5.01. The molecule has 0 saturated carbocycles. The van der Waals surface area contributed by atoms with E-state index in [1.807, 2.05) is 6.92 Å². The van der Waals surface area contributed by atoms with Crippen molar-refractivity contribution in [3.63, 3.8) is 0 Å². The molecule has 3 N–H and O–H groups in total. The van der Waals surface area contributed by atoms with Crippen LogP contribution in [0.5, 0.6) is 5.75 Å². The number of phenolic OH excluding ortho intramolecular Hbond substituents is 1. The molecule has 3 unspecified atom stereocenters. The monoisotopic (exact) mass is 443 g/mol. The van der Waals surface area contributed by atoms with Crippen LogP contribution < -0.4 is 10.6 Å². The zero-order chi connectivity index (χ0) is 22.6. The summed E-state index contributed by atoms with van der Waals surface area (Å²) in [6.07, 6.45) is -1.09. The molecule has 3 atom stereocenters. The number of carbonyl (C=O) groups excluding carboxylic acids is 3. The highest BCUT2D eigenvalue weighted by atomic mass is 35.5. The van der Waals surface area contributed by atoms with Gasteiger partial charge in [-0.2, -0.15) is 5.06 Å². The molecule has 2 heterocycles.